The van der Waals surface area contributed by atoms with Crippen LogP contribution in [0.15, 0.2) is 10.5 Å². The van der Waals surface area contributed by atoms with E-state index >= 15 is 0 Å². The number of furan rings is 1. The number of alkyl halides is 5. The van der Waals surface area contributed by atoms with E-state index in [1.807, 2.05) is 0 Å². The lowest BCUT2D eigenvalue weighted by Crippen LogP contribution is -2.52. The van der Waals surface area contributed by atoms with Crippen molar-refractivity contribution in [2.75, 3.05) is 0 Å². The number of hydrogen-bond acceptors (Lipinski definition) is 4. The normalized spacial score (nSPS) is 25.3. The Kier molecular flexibility index (Phi) is 2.29. The van der Waals surface area contributed by atoms with Crippen molar-refractivity contribution in [3.63, 3.8) is 0 Å². The summed E-state index contributed by atoms with van der Waals surface area (Å²) in [5.41, 5.74) is -4.43. The highest BCUT2D eigenvalue weighted by atomic mass is 19.4. The molecule has 9 heteroatoms. The van der Waals surface area contributed by atoms with E-state index in [4.69, 9.17) is 5.11 Å². The van der Waals surface area contributed by atoms with E-state index in [2.05, 4.69) is 9.15 Å². The first-order valence-electron chi connectivity index (χ1n) is 4.52. The van der Waals surface area contributed by atoms with E-state index in [-0.39, 0.29) is 0 Å². The Morgan fingerprint density at radius 1 is 1.44 bits per heavy atom. The third-order valence-corrected chi connectivity index (χ3v) is 2.46. The quantitative estimate of drug-likeness (QED) is 0.628. The Labute approximate surface area is 95.9 Å². The average molecular weight is 272 g/mol. The summed E-state index contributed by atoms with van der Waals surface area (Å²) in [7, 11) is 0. The number of fused-ring (bicyclic) bond motifs is 2. The summed E-state index contributed by atoms with van der Waals surface area (Å²) in [6.45, 7) is 0.881. The first-order valence-corrected chi connectivity index (χ1v) is 4.52. The van der Waals surface area contributed by atoms with Crippen LogP contribution < -0.4 is 4.74 Å². The lowest BCUT2D eigenvalue weighted by Gasteiger charge is -2.31. The fraction of sp³-hybridized carbons (Fsp3) is 0.444. The highest BCUT2D eigenvalue weighted by molar-refractivity contribution is 5.70. The summed E-state index contributed by atoms with van der Waals surface area (Å²) >= 11 is 0. The fourth-order valence-corrected chi connectivity index (χ4v) is 1.64. The van der Waals surface area contributed by atoms with E-state index in [0.717, 1.165) is 6.92 Å². The number of esters is 1. The van der Waals surface area contributed by atoms with Gasteiger partial charge in [-0.15, -0.1) is 0 Å². The second-order valence-electron chi connectivity index (χ2n) is 3.68. The fourth-order valence-electron chi connectivity index (χ4n) is 1.64. The lowest BCUT2D eigenvalue weighted by atomic mass is 9.88. The van der Waals surface area contributed by atoms with Gasteiger partial charge in [-0.1, -0.05) is 0 Å². The second kappa shape index (κ2) is 3.22. The molecule has 0 aliphatic carbocycles. The summed E-state index contributed by atoms with van der Waals surface area (Å²) in [6, 6.07) is 0.418. The van der Waals surface area contributed by atoms with Crippen LogP contribution in [0.1, 0.15) is 18.4 Å². The van der Waals surface area contributed by atoms with E-state index in [1.165, 1.54) is 0 Å². The molecule has 4 nitrogen and oxygen atoms in total. The molecule has 0 aromatic carbocycles. The molecule has 0 fully saturated rings. The molecular weight excluding hydrogens is 267 g/mol. The van der Waals surface area contributed by atoms with Gasteiger partial charge in [0, 0.05) is 13.0 Å². The minimum Gasteiger partial charge on any atom is -0.452 e. The highest BCUT2D eigenvalue weighted by Crippen LogP contribution is 2.62. The van der Waals surface area contributed by atoms with Crippen molar-refractivity contribution in [2.24, 2.45) is 0 Å². The van der Waals surface area contributed by atoms with Crippen LogP contribution in [-0.2, 0) is 16.3 Å². The molecule has 2 bridgehead atoms. The van der Waals surface area contributed by atoms with Crippen LogP contribution in [0.3, 0.4) is 0 Å². The molecular formula is C9H5F5O4. The molecule has 18 heavy (non-hydrogen) atoms. The smallest absolute Gasteiger partial charge is 0.431 e. The molecule has 2 rings (SSSR count). The maximum atomic E-state index is 13.5. The third kappa shape index (κ3) is 1.30. The van der Waals surface area contributed by atoms with Crippen LogP contribution in [-0.4, -0.2) is 17.3 Å². The van der Waals surface area contributed by atoms with Gasteiger partial charge in [0.1, 0.15) is 0 Å². The SMILES string of the molecule is CC(=O)Oc1cc2oc1C(F)(F)C2(O)C(F)(F)F. The molecule has 1 atom stereocenters. The number of halogens is 5. The summed E-state index contributed by atoms with van der Waals surface area (Å²) < 4.78 is 73.0. The van der Waals surface area contributed by atoms with Gasteiger partial charge in [0.2, 0.25) is 5.76 Å². The Hall–Kier alpha value is -1.64. The summed E-state index contributed by atoms with van der Waals surface area (Å²) in [4.78, 5) is 10.6. The standard InChI is InChI=1S/C9H5F5O4/c1-3(15)17-4-2-5-7(16,9(12,13)14)8(10,11)6(4)18-5/h2,16H,1H3. The van der Waals surface area contributed by atoms with Crippen LogP contribution in [0.25, 0.3) is 0 Å². The number of aliphatic hydroxyl groups is 1. The summed E-state index contributed by atoms with van der Waals surface area (Å²) in [5.74, 6) is -9.52. The number of rotatable bonds is 1. The van der Waals surface area contributed by atoms with Crippen molar-refractivity contribution < 1.29 is 41.0 Å². The molecule has 0 spiro atoms. The maximum Gasteiger partial charge on any atom is 0.431 e. The molecule has 1 aliphatic heterocycles. The first-order chi connectivity index (χ1) is 8.01. The Morgan fingerprint density at radius 2 is 2.00 bits per heavy atom. The van der Waals surface area contributed by atoms with Crippen LogP contribution in [0, 0.1) is 0 Å². The Balaban J connectivity index is 2.56. The molecule has 100 valence electrons. The van der Waals surface area contributed by atoms with Gasteiger partial charge in [0.15, 0.2) is 11.5 Å². The van der Waals surface area contributed by atoms with Crippen LogP contribution >= 0.6 is 0 Å². The predicted molar refractivity (Wildman–Crippen MR) is 43.9 cm³/mol. The zero-order chi connectivity index (χ0) is 13.9. The molecule has 0 saturated heterocycles. The lowest BCUT2D eigenvalue weighted by molar-refractivity contribution is -0.342. The number of carbonyl (C=O) groups excluding carboxylic acids is 1. The van der Waals surface area contributed by atoms with Crippen molar-refractivity contribution in [1.82, 2.24) is 0 Å². The highest BCUT2D eigenvalue weighted by Gasteiger charge is 2.78. The second-order valence-corrected chi connectivity index (χ2v) is 3.68. The van der Waals surface area contributed by atoms with Gasteiger partial charge in [-0.05, 0) is 0 Å². The monoisotopic (exact) mass is 272 g/mol. The van der Waals surface area contributed by atoms with Crippen molar-refractivity contribution in [1.29, 1.82) is 0 Å². The van der Waals surface area contributed by atoms with Crippen molar-refractivity contribution in [2.45, 2.75) is 24.6 Å². The van der Waals surface area contributed by atoms with E-state index in [1.54, 1.807) is 0 Å². The topological polar surface area (TPSA) is 59.7 Å². The van der Waals surface area contributed by atoms with Gasteiger partial charge in [-0.3, -0.25) is 4.79 Å². The zero-order valence-corrected chi connectivity index (χ0v) is 8.64. The number of carbonyl (C=O) groups is 1. The van der Waals surface area contributed by atoms with Crippen LogP contribution in [0.4, 0.5) is 22.0 Å². The summed E-state index contributed by atoms with van der Waals surface area (Å²) in [6.07, 6.45) is -5.63. The number of hydrogen-bond donors (Lipinski definition) is 1. The molecule has 1 aromatic rings. The average Bonchev–Trinajstić information content (AvgIpc) is 2.64. The maximum absolute atomic E-state index is 13.5. The van der Waals surface area contributed by atoms with Crippen molar-refractivity contribution in [3.05, 3.63) is 17.6 Å². The van der Waals surface area contributed by atoms with Crippen molar-refractivity contribution in [3.8, 4) is 5.75 Å². The van der Waals surface area contributed by atoms with Gasteiger partial charge in [0.25, 0.3) is 5.60 Å². The molecule has 0 radical (unpaired) electrons. The third-order valence-electron chi connectivity index (χ3n) is 2.46. The van der Waals surface area contributed by atoms with E-state index in [0.29, 0.717) is 6.07 Å². The molecule has 1 unspecified atom stereocenters. The molecule has 1 aromatic heterocycles. The van der Waals surface area contributed by atoms with Crippen LogP contribution in [0.2, 0.25) is 0 Å². The van der Waals surface area contributed by atoms with Crippen molar-refractivity contribution >= 4 is 5.97 Å². The largest absolute Gasteiger partial charge is 0.452 e. The number of ether oxygens (including phenoxy) is 1. The predicted octanol–water partition coefficient (Wildman–Crippen LogP) is 2.06. The van der Waals surface area contributed by atoms with Gasteiger partial charge < -0.3 is 14.3 Å². The first kappa shape index (κ1) is 12.8. The molecule has 1 N–H and O–H groups in total. The van der Waals surface area contributed by atoms with Gasteiger partial charge in [0.05, 0.1) is 0 Å². The molecule has 0 saturated carbocycles. The van der Waals surface area contributed by atoms with Crippen LogP contribution in [0.5, 0.6) is 5.75 Å². The van der Waals surface area contributed by atoms with Gasteiger partial charge >= 0.3 is 18.1 Å². The van der Waals surface area contributed by atoms with E-state index < -0.39 is 40.9 Å². The Bertz CT molecular complexity index is 518. The van der Waals surface area contributed by atoms with Gasteiger partial charge in [-0.25, -0.2) is 0 Å². The molecule has 1 aliphatic rings. The minimum atomic E-state index is -5.63. The minimum absolute atomic E-state index is 0.418. The summed E-state index contributed by atoms with van der Waals surface area (Å²) in [5, 5.41) is 9.15. The van der Waals surface area contributed by atoms with Gasteiger partial charge in [-0.2, -0.15) is 22.0 Å². The van der Waals surface area contributed by atoms with E-state index in [9.17, 15) is 26.7 Å². The Morgan fingerprint density at radius 3 is 2.39 bits per heavy atom. The zero-order valence-electron chi connectivity index (χ0n) is 8.64. The molecule has 0 amide bonds. The molecule has 2 heterocycles.